The van der Waals surface area contributed by atoms with Crippen molar-refractivity contribution in [3.63, 3.8) is 0 Å². The maximum absolute atomic E-state index is 5.53. The second kappa shape index (κ2) is 3.65. The standard InChI is InChI=1S/C9H11N2O/c1-2-8(6-10-3-1)9-7-11-4-5-12-9/h1-3,6,9H,4-5,7H2/t9-/m1/s1. The number of aromatic nitrogens is 1. The van der Waals surface area contributed by atoms with E-state index in [-0.39, 0.29) is 6.10 Å². The molecule has 0 aliphatic carbocycles. The van der Waals surface area contributed by atoms with Crippen molar-refractivity contribution < 1.29 is 4.74 Å². The zero-order valence-corrected chi connectivity index (χ0v) is 6.81. The summed E-state index contributed by atoms with van der Waals surface area (Å²) in [6, 6.07) is 3.95. The molecule has 3 heteroatoms. The third-order valence-corrected chi connectivity index (χ3v) is 1.92. The summed E-state index contributed by atoms with van der Waals surface area (Å²) >= 11 is 0. The molecule has 0 saturated carbocycles. The molecule has 1 radical (unpaired) electrons. The Kier molecular flexibility index (Phi) is 2.34. The summed E-state index contributed by atoms with van der Waals surface area (Å²) in [5.41, 5.74) is 1.13. The van der Waals surface area contributed by atoms with E-state index in [1.165, 1.54) is 0 Å². The average molecular weight is 163 g/mol. The van der Waals surface area contributed by atoms with Crippen LogP contribution in [0, 0.1) is 0 Å². The summed E-state index contributed by atoms with van der Waals surface area (Å²) in [5.74, 6) is 0. The average Bonchev–Trinajstić information content (AvgIpc) is 2.21. The molecule has 0 aromatic carbocycles. The van der Waals surface area contributed by atoms with E-state index < -0.39 is 0 Å². The summed E-state index contributed by atoms with van der Waals surface area (Å²) in [4.78, 5) is 4.04. The SMILES string of the molecule is c1cncc([C@H]2C[N]CCO2)c1. The van der Waals surface area contributed by atoms with Crippen molar-refractivity contribution in [2.24, 2.45) is 0 Å². The number of morpholine rings is 1. The first-order chi connectivity index (χ1) is 5.97. The molecule has 63 valence electrons. The van der Waals surface area contributed by atoms with Crippen LogP contribution in [0.4, 0.5) is 0 Å². The topological polar surface area (TPSA) is 36.2 Å². The number of rotatable bonds is 1. The largest absolute Gasteiger partial charge is 0.371 e. The van der Waals surface area contributed by atoms with Gasteiger partial charge in [-0.3, -0.25) is 4.98 Å². The first kappa shape index (κ1) is 7.71. The number of pyridine rings is 1. The Morgan fingerprint density at radius 3 is 3.17 bits per heavy atom. The summed E-state index contributed by atoms with van der Waals surface area (Å²) in [6.07, 6.45) is 3.74. The third-order valence-electron chi connectivity index (χ3n) is 1.92. The van der Waals surface area contributed by atoms with Crippen LogP contribution in [0.5, 0.6) is 0 Å². The van der Waals surface area contributed by atoms with Crippen LogP contribution in [-0.2, 0) is 4.74 Å². The van der Waals surface area contributed by atoms with E-state index in [0.29, 0.717) is 0 Å². The fraction of sp³-hybridized carbons (Fsp3) is 0.444. The lowest BCUT2D eigenvalue weighted by atomic mass is 10.1. The van der Waals surface area contributed by atoms with Crippen LogP contribution in [0.15, 0.2) is 24.5 Å². The van der Waals surface area contributed by atoms with Gasteiger partial charge < -0.3 is 4.74 Å². The molecule has 0 amide bonds. The summed E-state index contributed by atoms with van der Waals surface area (Å²) in [7, 11) is 0. The normalized spacial score (nSPS) is 23.8. The van der Waals surface area contributed by atoms with E-state index in [1.807, 2.05) is 18.3 Å². The molecule has 1 saturated heterocycles. The minimum Gasteiger partial charge on any atom is -0.371 e. The molecule has 1 aromatic rings. The van der Waals surface area contributed by atoms with E-state index >= 15 is 0 Å². The van der Waals surface area contributed by atoms with Gasteiger partial charge in [-0.1, -0.05) is 6.07 Å². The highest BCUT2D eigenvalue weighted by Crippen LogP contribution is 2.17. The molecule has 1 aliphatic rings. The highest BCUT2D eigenvalue weighted by Gasteiger charge is 2.15. The number of hydrogen-bond acceptors (Lipinski definition) is 2. The lowest BCUT2D eigenvalue weighted by Crippen LogP contribution is -2.28. The molecule has 12 heavy (non-hydrogen) atoms. The lowest BCUT2D eigenvalue weighted by Gasteiger charge is -2.22. The van der Waals surface area contributed by atoms with E-state index in [4.69, 9.17) is 4.74 Å². The van der Waals surface area contributed by atoms with Crippen LogP contribution in [-0.4, -0.2) is 24.7 Å². The van der Waals surface area contributed by atoms with Gasteiger partial charge in [0.05, 0.1) is 12.7 Å². The molecular formula is C9H11N2O. The Bertz CT molecular complexity index is 232. The lowest BCUT2D eigenvalue weighted by molar-refractivity contribution is 0.0259. The van der Waals surface area contributed by atoms with Crippen molar-refractivity contribution >= 4 is 0 Å². The predicted molar refractivity (Wildman–Crippen MR) is 44.8 cm³/mol. The van der Waals surface area contributed by atoms with Crippen molar-refractivity contribution in [3.05, 3.63) is 30.1 Å². The molecule has 0 spiro atoms. The van der Waals surface area contributed by atoms with Crippen LogP contribution < -0.4 is 5.32 Å². The van der Waals surface area contributed by atoms with Gasteiger partial charge >= 0.3 is 0 Å². The Hall–Kier alpha value is -0.930. The maximum Gasteiger partial charge on any atom is 0.0981 e. The molecular weight excluding hydrogens is 152 g/mol. The van der Waals surface area contributed by atoms with Crippen LogP contribution in [0.2, 0.25) is 0 Å². The molecule has 3 nitrogen and oxygen atoms in total. The van der Waals surface area contributed by atoms with Gasteiger partial charge in [-0.25, -0.2) is 5.32 Å². The van der Waals surface area contributed by atoms with Crippen molar-refractivity contribution in [1.29, 1.82) is 0 Å². The second-order valence-electron chi connectivity index (χ2n) is 2.78. The number of ether oxygens (including phenoxy) is 1. The Labute approximate surface area is 71.8 Å². The molecule has 0 N–H and O–H groups in total. The highest BCUT2D eigenvalue weighted by molar-refractivity contribution is 5.12. The summed E-state index contributed by atoms with van der Waals surface area (Å²) in [6.45, 7) is 2.34. The van der Waals surface area contributed by atoms with Crippen LogP contribution in [0.3, 0.4) is 0 Å². The van der Waals surface area contributed by atoms with Gasteiger partial charge in [-0.05, 0) is 6.07 Å². The highest BCUT2D eigenvalue weighted by atomic mass is 16.5. The Morgan fingerprint density at radius 2 is 2.50 bits per heavy atom. The van der Waals surface area contributed by atoms with E-state index in [0.717, 1.165) is 25.3 Å². The molecule has 0 unspecified atom stereocenters. The van der Waals surface area contributed by atoms with Crippen molar-refractivity contribution in [2.45, 2.75) is 6.10 Å². The summed E-state index contributed by atoms with van der Waals surface area (Å²) < 4.78 is 5.53. The zero-order chi connectivity index (χ0) is 8.23. The van der Waals surface area contributed by atoms with Crippen LogP contribution in [0.1, 0.15) is 11.7 Å². The third kappa shape index (κ3) is 1.62. The molecule has 2 rings (SSSR count). The van der Waals surface area contributed by atoms with Gasteiger partial charge in [0.25, 0.3) is 0 Å². The van der Waals surface area contributed by atoms with Gasteiger partial charge in [-0.15, -0.1) is 0 Å². The van der Waals surface area contributed by atoms with E-state index in [2.05, 4.69) is 10.3 Å². The quantitative estimate of drug-likeness (QED) is 0.612. The zero-order valence-electron chi connectivity index (χ0n) is 6.81. The smallest absolute Gasteiger partial charge is 0.0981 e. The van der Waals surface area contributed by atoms with Crippen LogP contribution >= 0.6 is 0 Å². The van der Waals surface area contributed by atoms with Crippen LogP contribution in [0.25, 0.3) is 0 Å². The number of hydrogen-bond donors (Lipinski definition) is 0. The van der Waals surface area contributed by atoms with Crippen molar-refractivity contribution in [3.8, 4) is 0 Å². The Balaban J connectivity index is 2.08. The van der Waals surface area contributed by atoms with Crippen molar-refractivity contribution in [1.82, 2.24) is 10.3 Å². The van der Waals surface area contributed by atoms with Crippen molar-refractivity contribution in [2.75, 3.05) is 19.7 Å². The number of nitrogens with zero attached hydrogens (tertiary/aromatic N) is 2. The van der Waals surface area contributed by atoms with Gasteiger partial charge in [-0.2, -0.15) is 0 Å². The molecule has 0 bridgehead atoms. The van der Waals surface area contributed by atoms with E-state index in [9.17, 15) is 0 Å². The molecule has 1 aromatic heterocycles. The first-order valence-electron chi connectivity index (χ1n) is 4.11. The fourth-order valence-electron chi connectivity index (χ4n) is 1.29. The van der Waals surface area contributed by atoms with E-state index in [1.54, 1.807) is 6.20 Å². The van der Waals surface area contributed by atoms with Gasteiger partial charge in [0.1, 0.15) is 0 Å². The minimum atomic E-state index is 0.132. The molecule has 1 atom stereocenters. The minimum absolute atomic E-state index is 0.132. The molecule has 2 heterocycles. The van der Waals surface area contributed by atoms with Gasteiger partial charge in [0.2, 0.25) is 0 Å². The fourth-order valence-corrected chi connectivity index (χ4v) is 1.29. The summed E-state index contributed by atoms with van der Waals surface area (Å²) in [5, 5.41) is 4.28. The first-order valence-corrected chi connectivity index (χ1v) is 4.11. The van der Waals surface area contributed by atoms with Gasteiger partial charge in [0, 0.05) is 31.0 Å². The maximum atomic E-state index is 5.53. The monoisotopic (exact) mass is 163 g/mol. The second-order valence-corrected chi connectivity index (χ2v) is 2.78. The molecule has 1 aliphatic heterocycles. The predicted octanol–water partition coefficient (Wildman–Crippen LogP) is 0.757. The van der Waals surface area contributed by atoms with Gasteiger partial charge in [0.15, 0.2) is 0 Å². The molecule has 1 fully saturated rings. The Morgan fingerprint density at radius 1 is 1.50 bits per heavy atom.